The molecular formula is C18H27N3O3S2. The van der Waals surface area contributed by atoms with E-state index in [1.165, 1.54) is 31.0 Å². The van der Waals surface area contributed by atoms with Gasteiger partial charge in [-0.25, -0.2) is 4.98 Å². The minimum atomic E-state index is -0.00316. The Hall–Kier alpha value is -0.990. The van der Waals surface area contributed by atoms with Crippen LogP contribution in [-0.4, -0.2) is 46.2 Å². The van der Waals surface area contributed by atoms with Gasteiger partial charge in [-0.15, -0.1) is 11.8 Å². The van der Waals surface area contributed by atoms with Crippen LogP contribution in [-0.2, 0) is 22.5 Å². The van der Waals surface area contributed by atoms with Crippen molar-refractivity contribution in [2.75, 3.05) is 19.5 Å². The highest BCUT2D eigenvalue weighted by Crippen LogP contribution is 2.34. The van der Waals surface area contributed by atoms with Crippen molar-refractivity contribution in [3.8, 4) is 0 Å². The smallest absolute Gasteiger partial charge is 0.268 e. The minimum Gasteiger partial charge on any atom is -0.383 e. The number of ether oxygens (including phenoxy) is 1. The predicted octanol–water partition coefficient (Wildman–Crippen LogP) is 2.47. The van der Waals surface area contributed by atoms with E-state index in [0.29, 0.717) is 29.6 Å². The number of hydrogen-bond acceptors (Lipinski definition) is 6. The molecule has 1 atom stereocenters. The first-order valence-corrected chi connectivity index (χ1v) is 11.2. The Morgan fingerprint density at radius 3 is 2.88 bits per heavy atom. The third kappa shape index (κ3) is 4.84. The van der Waals surface area contributed by atoms with Crippen molar-refractivity contribution in [2.24, 2.45) is 0 Å². The molecule has 2 heterocycles. The van der Waals surface area contributed by atoms with Gasteiger partial charge in [0.1, 0.15) is 0 Å². The summed E-state index contributed by atoms with van der Waals surface area (Å²) in [6.45, 7) is 3.01. The van der Waals surface area contributed by atoms with E-state index in [1.807, 2.05) is 0 Å². The first-order valence-electron chi connectivity index (χ1n) is 9.30. The van der Waals surface area contributed by atoms with Crippen molar-refractivity contribution in [3.63, 3.8) is 0 Å². The summed E-state index contributed by atoms with van der Waals surface area (Å²) >= 11 is 2.95. The molecule has 0 aromatic carbocycles. The number of nitrogens with zero attached hydrogens (tertiary/aromatic N) is 2. The van der Waals surface area contributed by atoms with Gasteiger partial charge in [-0.1, -0.05) is 37.9 Å². The summed E-state index contributed by atoms with van der Waals surface area (Å²) in [7, 11) is 1.62. The number of carbonyl (C=O) groups is 1. The third-order valence-corrected chi connectivity index (χ3v) is 6.98. The zero-order chi connectivity index (χ0) is 18.5. The number of methoxy groups -OCH3 is 1. The molecule has 1 aliphatic heterocycles. The van der Waals surface area contributed by atoms with Crippen molar-refractivity contribution < 1.29 is 9.53 Å². The first kappa shape index (κ1) is 19.8. The van der Waals surface area contributed by atoms with Crippen LogP contribution in [0.5, 0.6) is 0 Å². The summed E-state index contributed by atoms with van der Waals surface area (Å²) in [5.74, 6) is 0.315. The van der Waals surface area contributed by atoms with Crippen LogP contribution in [0.2, 0.25) is 0 Å². The molecule has 2 aliphatic rings. The van der Waals surface area contributed by atoms with Crippen molar-refractivity contribution in [3.05, 3.63) is 16.0 Å². The normalized spacial score (nSPS) is 20.2. The van der Waals surface area contributed by atoms with E-state index in [4.69, 9.17) is 9.72 Å². The molecule has 144 valence electrons. The van der Waals surface area contributed by atoms with Crippen LogP contribution in [0.1, 0.15) is 44.7 Å². The second-order valence-electron chi connectivity index (χ2n) is 6.94. The van der Waals surface area contributed by atoms with E-state index in [-0.39, 0.29) is 17.2 Å². The summed E-state index contributed by atoms with van der Waals surface area (Å²) in [5, 5.41) is 4.12. The molecule has 1 aromatic rings. The average molecular weight is 398 g/mol. The molecule has 26 heavy (non-hydrogen) atoms. The Labute approximate surface area is 162 Å². The average Bonchev–Trinajstić information content (AvgIpc) is 3.01. The second-order valence-corrected chi connectivity index (χ2v) is 9.33. The number of thioether (sulfide) groups is 2. The monoisotopic (exact) mass is 397 g/mol. The highest BCUT2D eigenvalue weighted by molar-refractivity contribution is 8.00. The number of fused-ring (bicyclic) bond motifs is 1. The van der Waals surface area contributed by atoms with E-state index in [1.54, 1.807) is 23.4 Å². The van der Waals surface area contributed by atoms with Gasteiger partial charge < -0.3 is 10.1 Å². The zero-order valence-electron chi connectivity index (χ0n) is 15.5. The maximum atomic E-state index is 12.8. The van der Waals surface area contributed by atoms with Crippen molar-refractivity contribution >= 4 is 29.4 Å². The zero-order valence-corrected chi connectivity index (χ0v) is 17.1. The molecular weight excluding hydrogens is 370 g/mol. The Kier molecular flexibility index (Phi) is 7.05. The number of amides is 1. The Morgan fingerprint density at radius 1 is 1.38 bits per heavy atom. The summed E-state index contributed by atoms with van der Waals surface area (Å²) < 4.78 is 6.80. The SMILES string of the molecule is COCCn1c(SCC(=O)NC2CCCCC2)nc2c(c1=O)S[C@@H](C)C2. The van der Waals surface area contributed by atoms with Crippen LogP contribution in [0.4, 0.5) is 0 Å². The quantitative estimate of drug-likeness (QED) is 0.563. The van der Waals surface area contributed by atoms with Gasteiger partial charge in [-0.3, -0.25) is 14.2 Å². The van der Waals surface area contributed by atoms with Gasteiger partial charge in [0.25, 0.3) is 5.56 Å². The lowest BCUT2D eigenvalue weighted by atomic mass is 9.95. The van der Waals surface area contributed by atoms with Gasteiger partial charge in [-0.2, -0.15) is 0 Å². The van der Waals surface area contributed by atoms with Gasteiger partial charge >= 0.3 is 0 Å². The molecule has 1 amide bonds. The summed E-state index contributed by atoms with van der Waals surface area (Å²) in [6.07, 6.45) is 6.60. The summed E-state index contributed by atoms with van der Waals surface area (Å²) in [4.78, 5) is 30.6. The van der Waals surface area contributed by atoms with Crippen molar-refractivity contribution in [1.82, 2.24) is 14.9 Å². The maximum absolute atomic E-state index is 12.8. The molecule has 1 aliphatic carbocycles. The molecule has 0 unspecified atom stereocenters. The van der Waals surface area contributed by atoms with E-state index >= 15 is 0 Å². The van der Waals surface area contributed by atoms with E-state index in [0.717, 1.165) is 29.9 Å². The molecule has 0 saturated heterocycles. The van der Waals surface area contributed by atoms with E-state index in [2.05, 4.69) is 12.2 Å². The van der Waals surface area contributed by atoms with Gasteiger partial charge in [0.05, 0.1) is 29.5 Å². The van der Waals surface area contributed by atoms with E-state index < -0.39 is 0 Å². The van der Waals surface area contributed by atoms with Crippen molar-refractivity contribution in [1.29, 1.82) is 0 Å². The molecule has 0 spiro atoms. The highest BCUT2D eigenvalue weighted by Gasteiger charge is 2.26. The van der Waals surface area contributed by atoms with Crippen LogP contribution in [0.25, 0.3) is 0 Å². The van der Waals surface area contributed by atoms with Gasteiger partial charge in [-0.05, 0) is 12.8 Å². The van der Waals surface area contributed by atoms with Crippen LogP contribution in [0, 0.1) is 0 Å². The molecule has 0 bridgehead atoms. The highest BCUT2D eigenvalue weighted by atomic mass is 32.2. The number of nitrogens with one attached hydrogen (secondary N) is 1. The molecule has 3 rings (SSSR count). The predicted molar refractivity (Wildman–Crippen MR) is 105 cm³/mol. The molecule has 1 fully saturated rings. The second kappa shape index (κ2) is 9.28. The number of rotatable bonds is 7. The van der Waals surface area contributed by atoms with Crippen LogP contribution >= 0.6 is 23.5 Å². The topological polar surface area (TPSA) is 73.2 Å². The fraction of sp³-hybridized carbons (Fsp3) is 0.722. The van der Waals surface area contributed by atoms with Crippen LogP contribution < -0.4 is 10.9 Å². The molecule has 1 aromatic heterocycles. The molecule has 0 radical (unpaired) electrons. The molecule has 8 heteroatoms. The minimum absolute atomic E-state index is 0.00316. The standard InChI is InChI=1S/C18H27N3O3S2/c1-12-10-14-16(26-12)17(23)21(8-9-24-2)18(20-14)25-11-15(22)19-13-6-4-3-5-7-13/h12-13H,3-11H2,1-2H3,(H,19,22)/t12-/m0/s1. The Bertz CT molecular complexity index is 702. The Balaban J connectivity index is 1.69. The van der Waals surface area contributed by atoms with E-state index in [9.17, 15) is 9.59 Å². The lowest BCUT2D eigenvalue weighted by Gasteiger charge is -2.22. The fourth-order valence-corrected chi connectivity index (χ4v) is 5.44. The lowest BCUT2D eigenvalue weighted by Crippen LogP contribution is -2.37. The number of carbonyl (C=O) groups excluding carboxylic acids is 1. The van der Waals surface area contributed by atoms with Crippen LogP contribution in [0.3, 0.4) is 0 Å². The number of hydrogen-bond donors (Lipinski definition) is 1. The van der Waals surface area contributed by atoms with Crippen LogP contribution in [0.15, 0.2) is 14.8 Å². The Morgan fingerprint density at radius 2 is 2.15 bits per heavy atom. The summed E-state index contributed by atoms with van der Waals surface area (Å²) in [6, 6.07) is 0.303. The first-order chi connectivity index (χ1) is 12.6. The van der Waals surface area contributed by atoms with Crippen molar-refractivity contribution in [2.45, 2.75) is 73.3 Å². The van der Waals surface area contributed by atoms with Gasteiger partial charge in [0.2, 0.25) is 5.91 Å². The summed E-state index contributed by atoms with van der Waals surface area (Å²) in [5.41, 5.74) is 0.868. The molecule has 6 nitrogen and oxygen atoms in total. The molecule has 1 N–H and O–H groups in total. The fourth-order valence-electron chi connectivity index (χ4n) is 3.47. The molecule has 1 saturated carbocycles. The number of aromatic nitrogens is 2. The van der Waals surface area contributed by atoms with Gasteiger partial charge in [0, 0.05) is 24.8 Å². The largest absolute Gasteiger partial charge is 0.383 e. The lowest BCUT2D eigenvalue weighted by molar-refractivity contribution is -0.119. The third-order valence-electron chi connectivity index (χ3n) is 4.78. The maximum Gasteiger partial charge on any atom is 0.268 e. The van der Waals surface area contributed by atoms with Gasteiger partial charge in [0.15, 0.2) is 5.16 Å².